The van der Waals surface area contributed by atoms with Gasteiger partial charge in [-0.1, -0.05) is 44.5 Å². The predicted molar refractivity (Wildman–Crippen MR) is 85.3 cm³/mol. The van der Waals surface area contributed by atoms with E-state index in [2.05, 4.69) is 20.8 Å². The molecule has 1 unspecified atom stereocenters. The van der Waals surface area contributed by atoms with Crippen molar-refractivity contribution in [3.8, 4) is 11.5 Å². The Morgan fingerprint density at radius 2 is 1.76 bits per heavy atom. The van der Waals surface area contributed by atoms with Crippen molar-refractivity contribution in [3.05, 3.63) is 58.1 Å². The molecule has 0 aliphatic heterocycles. The Kier molecular flexibility index (Phi) is 3.00. The van der Waals surface area contributed by atoms with Crippen LogP contribution in [-0.2, 0) is 10.8 Å². The van der Waals surface area contributed by atoms with E-state index < -0.39 is 0 Å². The van der Waals surface area contributed by atoms with E-state index in [9.17, 15) is 10.2 Å². The Bertz CT molecular complexity index is 721. The third-order valence-electron chi connectivity index (χ3n) is 4.64. The first-order chi connectivity index (χ1) is 9.74. The summed E-state index contributed by atoms with van der Waals surface area (Å²) in [7, 11) is 0. The lowest BCUT2D eigenvalue weighted by molar-refractivity contribution is 0.409. The Balaban J connectivity index is 2.29. The Morgan fingerprint density at radius 3 is 2.43 bits per heavy atom. The lowest BCUT2D eigenvalue weighted by Gasteiger charge is -2.28. The average Bonchev–Trinajstić information content (AvgIpc) is 2.57. The SMILES string of the molecule is CC1(C)CC(C)(c2cccc(O)c2)c2c(O)cc(Cl)cc21. The molecule has 21 heavy (non-hydrogen) atoms. The second-order valence-electron chi connectivity index (χ2n) is 6.79. The number of fused-ring (bicyclic) bond motifs is 1. The lowest BCUT2D eigenvalue weighted by atomic mass is 9.75. The summed E-state index contributed by atoms with van der Waals surface area (Å²) in [6, 6.07) is 10.8. The number of halogens is 1. The second-order valence-corrected chi connectivity index (χ2v) is 7.23. The second kappa shape index (κ2) is 4.41. The molecule has 2 aromatic rings. The van der Waals surface area contributed by atoms with Crippen molar-refractivity contribution in [3.63, 3.8) is 0 Å². The first-order valence-electron chi connectivity index (χ1n) is 7.07. The molecule has 0 fully saturated rings. The fourth-order valence-electron chi connectivity index (χ4n) is 3.87. The molecule has 2 aromatic carbocycles. The van der Waals surface area contributed by atoms with Crippen LogP contribution in [0.15, 0.2) is 36.4 Å². The zero-order valence-corrected chi connectivity index (χ0v) is 13.2. The Morgan fingerprint density at radius 1 is 1.05 bits per heavy atom. The minimum absolute atomic E-state index is 0.0854. The first-order valence-corrected chi connectivity index (χ1v) is 7.45. The fourth-order valence-corrected chi connectivity index (χ4v) is 4.08. The molecular formula is C18H19ClO2. The number of hydrogen-bond donors (Lipinski definition) is 2. The van der Waals surface area contributed by atoms with Crippen molar-refractivity contribution in [1.82, 2.24) is 0 Å². The first kappa shape index (κ1) is 14.3. The summed E-state index contributed by atoms with van der Waals surface area (Å²) in [5, 5.41) is 20.8. The quantitative estimate of drug-likeness (QED) is 0.799. The van der Waals surface area contributed by atoms with Gasteiger partial charge in [0.15, 0.2) is 0 Å². The van der Waals surface area contributed by atoms with Crippen molar-refractivity contribution >= 4 is 11.6 Å². The number of aromatic hydroxyl groups is 2. The van der Waals surface area contributed by atoms with Gasteiger partial charge in [0.05, 0.1) is 0 Å². The van der Waals surface area contributed by atoms with Crippen LogP contribution in [0.1, 0.15) is 43.9 Å². The predicted octanol–water partition coefficient (Wildman–Crippen LogP) is 4.74. The molecule has 0 heterocycles. The lowest BCUT2D eigenvalue weighted by Crippen LogP contribution is -2.23. The van der Waals surface area contributed by atoms with Crippen molar-refractivity contribution in [1.29, 1.82) is 0 Å². The smallest absolute Gasteiger partial charge is 0.121 e. The number of hydrogen-bond acceptors (Lipinski definition) is 2. The number of phenolic OH excluding ortho intramolecular Hbond substituents is 2. The highest BCUT2D eigenvalue weighted by molar-refractivity contribution is 6.30. The van der Waals surface area contributed by atoms with E-state index in [4.69, 9.17) is 11.6 Å². The number of rotatable bonds is 1. The van der Waals surface area contributed by atoms with Gasteiger partial charge in [0, 0.05) is 16.0 Å². The molecule has 0 saturated carbocycles. The average molecular weight is 303 g/mol. The van der Waals surface area contributed by atoms with Gasteiger partial charge in [-0.15, -0.1) is 0 Å². The van der Waals surface area contributed by atoms with Gasteiger partial charge in [-0.2, -0.15) is 0 Å². The van der Waals surface area contributed by atoms with Gasteiger partial charge in [-0.05, 0) is 47.2 Å². The van der Waals surface area contributed by atoms with Gasteiger partial charge in [0.2, 0.25) is 0 Å². The van der Waals surface area contributed by atoms with E-state index >= 15 is 0 Å². The maximum atomic E-state index is 10.5. The van der Waals surface area contributed by atoms with Crippen LogP contribution in [0.3, 0.4) is 0 Å². The van der Waals surface area contributed by atoms with Crippen molar-refractivity contribution in [2.75, 3.05) is 0 Å². The zero-order valence-electron chi connectivity index (χ0n) is 12.4. The maximum Gasteiger partial charge on any atom is 0.121 e. The highest BCUT2D eigenvalue weighted by Gasteiger charge is 2.47. The van der Waals surface area contributed by atoms with E-state index in [0.717, 1.165) is 23.1 Å². The molecule has 3 heteroatoms. The van der Waals surface area contributed by atoms with Crippen molar-refractivity contribution in [2.45, 2.75) is 38.0 Å². The monoisotopic (exact) mass is 302 g/mol. The zero-order chi connectivity index (χ0) is 15.4. The molecule has 110 valence electrons. The van der Waals surface area contributed by atoms with Crippen LogP contribution in [0.25, 0.3) is 0 Å². The van der Waals surface area contributed by atoms with Crippen LogP contribution < -0.4 is 0 Å². The van der Waals surface area contributed by atoms with Crippen LogP contribution in [0.5, 0.6) is 11.5 Å². The molecule has 0 spiro atoms. The highest BCUT2D eigenvalue weighted by Crippen LogP contribution is 2.56. The molecule has 2 N–H and O–H groups in total. The maximum absolute atomic E-state index is 10.5. The Labute approximate surface area is 130 Å². The molecule has 1 aliphatic rings. The van der Waals surface area contributed by atoms with Gasteiger partial charge in [0.25, 0.3) is 0 Å². The van der Waals surface area contributed by atoms with E-state index in [1.807, 2.05) is 18.2 Å². The van der Waals surface area contributed by atoms with E-state index in [1.54, 1.807) is 18.2 Å². The summed E-state index contributed by atoms with van der Waals surface area (Å²) in [6.07, 6.45) is 0.854. The minimum Gasteiger partial charge on any atom is -0.508 e. The molecule has 3 rings (SSSR count). The van der Waals surface area contributed by atoms with E-state index in [1.165, 1.54) is 0 Å². The fraction of sp³-hybridized carbons (Fsp3) is 0.333. The molecular weight excluding hydrogens is 284 g/mol. The van der Waals surface area contributed by atoms with E-state index in [-0.39, 0.29) is 22.3 Å². The molecule has 0 amide bonds. The Hall–Kier alpha value is -1.67. The summed E-state index contributed by atoms with van der Waals surface area (Å²) in [5.74, 6) is 0.474. The third kappa shape index (κ3) is 2.09. The minimum atomic E-state index is -0.341. The normalized spacial score (nSPS) is 23.0. The van der Waals surface area contributed by atoms with E-state index in [0.29, 0.717) is 5.02 Å². The van der Waals surface area contributed by atoms with Crippen LogP contribution in [0.4, 0.5) is 0 Å². The van der Waals surface area contributed by atoms with Crippen molar-refractivity contribution < 1.29 is 10.2 Å². The molecule has 0 radical (unpaired) electrons. The molecule has 1 aliphatic carbocycles. The standard InChI is InChI=1S/C18H19ClO2/c1-17(2)10-18(3,11-5-4-6-13(20)7-11)16-14(17)8-12(19)9-15(16)21/h4-9,20-21H,10H2,1-3H3. The molecule has 0 aromatic heterocycles. The number of phenols is 2. The van der Waals surface area contributed by atoms with Gasteiger partial charge < -0.3 is 10.2 Å². The third-order valence-corrected chi connectivity index (χ3v) is 4.86. The number of benzene rings is 2. The van der Waals surface area contributed by atoms with Crippen LogP contribution in [0, 0.1) is 0 Å². The van der Waals surface area contributed by atoms with Gasteiger partial charge in [-0.25, -0.2) is 0 Å². The molecule has 0 bridgehead atoms. The van der Waals surface area contributed by atoms with Gasteiger partial charge in [0.1, 0.15) is 11.5 Å². The summed E-state index contributed by atoms with van der Waals surface area (Å²) in [6.45, 7) is 6.44. The van der Waals surface area contributed by atoms with Crippen LogP contribution in [-0.4, -0.2) is 10.2 Å². The van der Waals surface area contributed by atoms with Gasteiger partial charge >= 0.3 is 0 Å². The summed E-state index contributed by atoms with van der Waals surface area (Å²) in [5.41, 5.74) is 2.58. The summed E-state index contributed by atoms with van der Waals surface area (Å²) in [4.78, 5) is 0. The van der Waals surface area contributed by atoms with Crippen LogP contribution in [0.2, 0.25) is 5.02 Å². The molecule has 1 atom stereocenters. The summed E-state index contributed by atoms with van der Waals surface area (Å²) >= 11 is 6.12. The van der Waals surface area contributed by atoms with Crippen LogP contribution >= 0.6 is 11.6 Å². The topological polar surface area (TPSA) is 40.5 Å². The summed E-state index contributed by atoms with van der Waals surface area (Å²) < 4.78 is 0. The van der Waals surface area contributed by atoms with Crippen molar-refractivity contribution in [2.24, 2.45) is 0 Å². The highest BCUT2D eigenvalue weighted by atomic mass is 35.5. The molecule has 0 saturated heterocycles. The van der Waals surface area contributed by atoms with Gasteiger partial charge in [-0.3, -0.25) is 0 Å². The largest absolute Gasteiger partial charge is 0.508 e. The molecule has 2 nitrogen and oxygen atoms in total.